The molecule has 0 unspecified atom stereocenters. The summed E-state index contributed by atoms with van der Waals surface area (Å²) in [5.74, 6) is -1.08. The summed E-state index contributed by atoms with van der Waals surface area (Å²) < 4.78 is 0. The lowest BCUT2D eigenvalue weighted by molar-refractivity contribution is -0.157. The molecule has 0 bridgehead atoms. The fourth-order valence-corrected chi connectivity index (χ4v) is 1.45. The molecule has 0 N–H and O–H groups in total. The Labute approximate surface area is 82.7 Å². The summed E-state index contributed by atoms with van der Waals surface area (Å²) in [4.78, 5) is 35.9. The molecule has 0 radical (unpaired) electrons. The van der Waals surface area contributed by atoms with Gasteiger partial charge in [0.15, 0.2) is 0 Å². The number of aldehydes is 1. The Bertz CT molecular complexity index is 263. The van der Waals surface area contributed by atoms with Crippen LogP contribution in [-0.2, 0) is 14.4 Å². The van der Waals surface area contributed by atoms with E-state index in [1.165, 1.54) is 9.80 Å². The van der Waals surface area contributed by atoms with E-state index in [0.29, 0.717) is 19.4 Å². The molecule has 0 aromatic heterocycles. The van der Waals surface area contributed by atoms with E-state index in [1.807, 2.05) is 13.8 Å². The monoisotopic (exact) mass is 198 g/mol. The second-order valence-electron chi connectivity index (χ2n) is 3.51. The number of rotatable bonds is 3. The highest BCUT2D eigenvalue weighted by molar-refractivity contribution is 6.35. The van der Waals surface area contributed by atoms with Crippen LogP contribution in [0.5, 0.6) is 0 Å². The fourth-order valence-electron chi connectivity index (χ4n) is 1.45. The first kappa shape index (κ1) is 10.7. The predicted octanol–water partition coefficient (Wildman–Crippen LogP) is -0.735. The van der Waals surface area contributed by atoms with E-state index in [1.54, 1.807) is 0 Å². The molecule has 5 nitrogen and oxygen atoms in total. The minimum atomic E-state index is -0.572. The zero-order valence-electron chi connectivity index (χ0n) is 8.40. The predicted molar refractivity (Wildman–Crippen MR) is 49.5 cm³/mol. The van der Waals surface area contributed by atoms with Crippen molar-refractivity contribution >= 4 is 18.1 Å². The number of carbonyl (C=O) groups excluding carboxylic acids is 3. The van der Waals surface area contributed by atoms with Crippen molar-refractivity contribution in [2.45, 2.75) is 19.9 Å². The summed E-state index contributed by atoms with van der Waals surface area (Å²) in [5, 5.41) is 0. The van der Waals surface area contributed by atoms with Gasteiger partial charge in [0.2, 0.25) is 0 Å². The molecule has 1 saturated heterocycles. The Morgan fingerprint density at radius 2 is 1.93 bits per heavy atom. The first-order valence-electron chi connectivity index (χ1n) is 4.61. The lowest BCUT2D eigenvalue weighted by Gasteiger charge is -2.35. The van der Waals surface area contributed by atoms with E-state index >= 15 is 0 Å². The van der Waals surface area contributed by atoms with E-state index in [4.69, 9.17) is 0 Å². The van der Waals surface area contributed by atoms with Gasteiger partial charge in [-0.25, -0.2) is 0 Å². The number of nitrogens with zero attached hydrogens (tertiary/aromatic N) is 2. The molecule has 1 rings (SSSR count). The third-order valence-electron chi connectivity index (χ3n) is 2.26. The van der Waals surface area contributed by atoms with E-state index < -0.39 is 11.8 Å². The lowest BCUT2D eigenvalue weighted by Crippen LogP contribution is -2.56. The summed E-state index contributed by atoms with van der Waals surface area (Å²) in [5.41, 5.74) is 0. The molecule has 0 saturated carbocycles. The first-order valence-corrected chi connectivity index (χ1v) is 4.61. The molecule has 0 spiro atoms. The standard InChI is InChI=1S/C9H14N2O3/c1-7(2)11-4-3-10(5-6-12)8(13)9(11)14/h6-7H,3-5H2,1-2H3. The molecule has 0 atom stereocenters. The van der Waals surface area contributed by atoms with Crippen molar-refractivity contribution in [1.82, 2.24) is 9.80 Å². The molecular formula is C9H14N2O3. The summed E-state index contributed by atoms with van der Waals surface area (Å²) in [7, 11) is 0. The summed E-state index contributed by atoms with van der Waals surface area (Å²) in [6.07, 6.45) is 0.635. The van der Waals surface area contributed by atoms with Crippen molar-refractivity contribution in [2.24, 2.45) is 0 Å². The number of piperazine rings is 1. The van der Waals surface area contributed by atoms with Crippen LogP contribution in [0.15, 0.2) is 0 Å². The van der Waals surface area contributed by atoms with Crippen molar-refractivity contribution in [2.75, 3.05) is 19.6 Å². The maximum Gasteiger partial charge on any atom is 0.312 e. The van der Waals surface area contributed by atoms with Crippen molar-refractivity contribution in [3.05, 3.63) is 0 Å². The zero-order chi connectivity index (χ0) is 10.7. The molecule has 0 aliphatic carbocycles. The smallest absolute Gasteiger partial charge is 0.312 e. The summed E-state index contributed by atoms with van der Waals surface area (Å²) >= 11 is 0. The maximum absolute atomic E-state index is 11.5. The van der Waals surface area contributed by atoms with Gasteiger partial charge in [0.25, 0.3) is 0 Å². The largest absolute Gasteiger partial charge is 0.330 e. The van der Waals surface area contributed by atoms with Crippen LogP contribution in [0.25, 0.3) is 0 Å². The third kappa shape index (κ3) is 1.92. The van der Waals surface area contributed by atoms with Crippen LogP contribution < -0.4 is 0 Å². The minimum absolute atomic E-state index is 0.0104. The Hall–Kier alpha value is -1.39. The SMILES string of the molecule is CC(C)N1CCN(CC=O)C(=O)C1=O. The highest BCUT2D eigenvalue weighted by atomic mass is 16.2. The Balaban J connectivity index is 2.69. The van der Waals surface area contributed by atoms with Crippen molar-refractivity contribution < 1.29 is 14.4 Å². The van der Waals surface area contributed by atoms with Gasteiger partial charge in [0.1, 0.15) is 6.29 Å². The Morgan fingerprint density at radius 1 is 1.29 bits per heavy atom. The second-order valence-corrected chi connectivity index (χ2v) is 3.51. The van der Waals surface area contributed by atoms with Gasteiger partial charge in [-0.2, -0.15) is 0 Å². The Morgan fingerprint density at radius 3 is 2.43 bits per heavy atom. The van der Waals surface area contributed by atoms with Crippen LogP contribution in [0.1, 0.15) is 13.8 Å². The summed E-state index contributed by atoms with van der Waals surface area (Å²) in [6.45, 7) is 4.69. The molecule has 1 aliphatic rings. The fraction of sp³-hybridized carbons (Fsp3) is 0.667. The van der Waals surface area contributed by atoms with Gasteiger partial charge in [-0.3, -0.25) is 9.59 Å². The molecule has 0 aromatic rings. The minimum Gasteiger partial charge on any atom is -0.330 e. The van der Waals surface area contributed by atoms with E-state index in [-0.39, 0.29) is 12.6 Å². The van der Waals surface area contributed by atoms with E-state index in [9.17, 15) is 14.4 Å². The average Bonchev–Trinajstić information content (AvgIpc) is 2.13. The second kappa shape index (κ2) is 4.21. The van der Waals surface area contributed by atoms with Gasteiger partial charge in [0, 0.05) is 19.1 Å². The number of carbonyl (C=O) groups is 3. The number of hydrogen-bond donors (Lipinski definition) is 0. The van der Waals surface area contributed by atoms with E-state index in [2.05, 4.69) is 0 Å². The van der Waals surface area contributed by atoms with Crippen molar-refractivity contribution in [1.29, 1.82) is 0 Å². The maximum atomic E-state index is 11.5. The molecule has 1 aliphatic heterocycles. The van der Waals surface area contributed by atoms with Crippen molar-refractivity contribution in [3.8, 4) is 0 Å². The molecule has 1 fully saturated rings. The third-order valence-corrected chi connectivity index (χ3v) is 2.26. The molecular weight excluding hydrogens is 184 g/mol. The summed E-state index contributed by atoms with van der Waals surface area (Å²) in [6, 6.07) is 0.0323. The van der Waals surface area contributed by atoms with Crippen LogP contribution in [0.2, 0.25) is 0 Å². The molecule has 78 valence electrons. The van der Waals surface area contributed by atoms with Crippen LogP contribution in [0.4, 0.5) is 0 Å². The average molecular weight is 198 g/mol. The topological polar surface area (TPSA) is 57.7 Å². The molecule has 1 heterocycles. The van der Waals surface area contributed by atoms with Gasteiger partial charge >= 0.3 is 11.8 Å². The normalized spacial score (nSPS) is 17.9. The highest BCUT2D eigenvalue weighted by Gasteiger charge is 2.33. The molecule has 0 aromatic carbocycles. The first-order chi connectivity index (χ1) is 6.57. The molecule has 2 amide bonds. The van der Waals surface area contributed by atoms with Gasteiger partial charge < -0.3 is 14.6 Å². The zero-order valence-corrected chi connectivity index (χ0v) is 8.40. The van der Waals surface area contributed by atoms with Crippen molar-refractivity contribution in [3.63, 3.8) is 0 Å². The van der Waals surface area contributed by atoms with Gasteiger partial charge in [-0.15, -0.1) is 0 Å². The highest BCUT2D eigenvalue weighted by Crippen LogP contribution is 2.07. The molecule has 14 heavy (non-hydrogen) atoms. The number of hydrogen-bond acceptors (Lipinski definition) is 3. The van der Waals surface area contributed by atoms with Crippen LogP contribution in [0, 0.1) is 0 Å². The van der Waals surface area contributed by atoms with Crippen LogP contribution in [0.3, 0.4) is 0 Å². The van der Waals surface area contributed by atoms with Gasteiger partial charge in [0.05, 0.1) is 6.54 Å². The number of amides is 2. The Kier molecular flexibility index (Phi) is 3.22. The molecule has 5 heteroatoms. The van der Waals surface area contributed by atoms with Gasteiger partial charge in [-0.05, 0) is 13.8 Å². The lowest BCUT2D eigenvalue weighted by atomic mass is 10.2. The van der Waals surface area contributed by atoms with E-state index in [0.717, 1.165) is 0 Å². The van der Waals surface area contributed by atoms with Crippen LogP contribution in [-0.4, -0.2) is 53.6 Å². The van der Waals surface area contributed by atoms with Gasteiger partial charge in [-0.1, -0.05) is 0 Å². The quantitative estimate of drug-likeness (QED) is 0.443. The van der Waals surface area contributed by atoms with Crippen LogP contribution >= 0.6 is 0 Å².